The van der Waals surface area contributed by atoms with Gasteiger partial charge in [-0.2, -0.15) is 0 Å². The zero-order chi connectivity index (χ0) is 18.9. The average Bonchev–Trinajstić information content (AvgIpc) is 2.70. The number of carbonyl (C=O) groups is 3. The maximum atomic E-state index is 11.9. The maximum Gasteiger partial charge on any atom is 0.337 e. The molecule has 0 saturated carbocycles. The number of ether oxygens (including phenoxy) is 3. The highest BCUT2D eigenvalue weighted by molar-refractivity contribution is 5.97. The van der Waals surface area contributed by atoms with Crippen molar-refractivity contribution in [2.45, 2.75) is 0 Å². The molecule has 0 aliphatic rings. The molecule has 8 nitrogen and oxygen atoms in total. The number of benzene rings is 2. The standard InChI is InChI=1S/C18H18N2O6/c1-24-14-7-9-15(10-8-14)26-11-16(21)19-20-17(22)12-3-5-13(6-4-12)18(23)25-2/h3-10H,11H2,1-2H3,(H,19,21)(H,20,22). The van der Waals surface area contributed by atoms with E-state index in [4.69, 9.17) is 9.47 Å². The third-order valence-electron chi connectivity index (χ3n) is 3.31. The van der Waals surface area contributed by atoms with Crippen LogP contribution in [-0.4, -0.2) is 38.6 Å². The van der Waals surface area contributed by atoms with Gasteiger partial charge in [0.15, 0.2) is 6.61 Å². The molecule has 0 aliphatic carbocycles. The summed E-state index contributed by atoms with van der Waals surface area (Å²) in [5, 5.41) is 0. The Morgan fingerprint density at radius 2 is 1.38 bits per heavy atom. The first-order valence-electron chi connectivity index (χ1n) is 7.58. The van der Waals surface area contributed by atoms with Crippen molar-refractivity contribution in [1.29, 1.82) is 0 Å². The summed E-state index contributed by atoms with van der Waals surface area (Å²) < 4.78 is 14.9. The molecule has 0 aromatic heterocycles. The molecule has 2 N–H and O–H groups in total. The third kappa shape index (κ3) is 5.23. The summed E-state index contributed by atoms with van der Waals surface area (Å²) in [5.74, 6) is -0.390. The van der Waals surface area contributed by atoms with Crippen molar-refractivity contribution in [2.24, 2.45) is 0 Å². The molecule has 0 aliphatic heterocycles. The molecule has 0 saturated heterocycles. The molecule has 136 valence electrons. The largest absolute Gasteiger partial charge is 0.497 e. The van der Waals surface area contributed by atoms with E-state index < -0.39 is 17.8 Å². The van der Waals surface area contributed by atoms with Gasteiger partial charge in [0, 0.05) is 5.56 Å². The van der Waals surface area contributed by atoms with Gasteiger partial charge in [0.25, 0.3) is 11.8 Å². The molecular weight excluding hydrogens is 340 g/mol. The van der Waals surface area contributed by atoms with Crippen LogP contribution in [0.4, 0.5) is 0 Å². The lowest BCUT2D eigenvalue weighted by Gasteiger charge is -2.09. The van der Waals surface area contributed by atoms with E-state index in [0.29, 0.717) is 17.1 Å². The van der Waals surface area contributed by atoms with Crippen LogP contribution in [0, 0.1) is 0 Å². The molecule has 2 rings (SSSR count). The first-order chi connectivity index (χ1) is 12.5. The second-order valence-electron chi connectivity index (χ2n) is 5.04. The van der Waals surface area contributed by atoms with Crippen LogP contribution in [0.5, 0.6) is 11.5 Å². The van der Waals surface area contributed by atoms with Crippen LogP contribution in [0.3, 0.4) is 0 Å². The van der Waals surface area contributed by atoms with Gasteiger partial charge in [-0.25, -0.2) is 4.79 Å². The van der Waals surface area contributed by atoms with Gasteiger partial charge in [0.05, 0.1) is 19.8 Å². The molecule has 0 atom stereocenters. The van der Waals surface area contributed by atoms with Gasteiger partial charge in [-0.05, 0) is 48.5 Å². The number of hydrazine groups is 1. The summed E-state index contributed by atoms with van der Waals surface area (Å²) >= 11 is 0. The van der Waals surface area contributed by atoms with Gasteiger partial charge >= 0.3 is 5.97 Å². The molecule has 26 heavy (non-hydrogen) atoms. The minimum atomic E-state index is -0.529. The Kier molecular flexibility index (Phi) is 6.55. The fourth-order valence-corrected chi connectivity index (χ4v) is 1.93. The number of amides is 2. The molecule has 0 bridgehead atoms. The molecule has 0 unspecified atom stereocenters. The van der Waals surface area contributed by atoms with Gasteiger partial charge < -0.3 is 14.2 Å². The number of rotatable bonds is 6. The number of methoxy groups -OCH3 is 2. The summed E-state index contributed by atoms with van der Waals surface area (Å²) in [6.45, 7) is -0.270. The van der Waals surface area contributed by atoms with Crippen LogP contribution in [0.2, 0.25) is 0 Å². The van der Waals surface area contributed by atoms with Crippen molar-refractivity contribution < 1.29 is 28.6 Å². The number of hydrogen-bond acceptors (Lipinski definition) is 6. The molecule has 2 amide bonds. The number of hydrogen-bond donors (Lipinski definition) is 2. The van der Waals surface area contributed by atoms with Gasteiger partial charge in [-0.15, -0.1) is 0 Å². The normalized spacial score (nSPS) is 9.77. The number of esters is 1. The lowest BCUT2D eigenvalue weighted by molar-refractivity contribution is -0.123. The highest BCUT2D eigenvalue weighted by atomic mass is 16.5. The van der Waals surface area contributed by atoms with E-state index in [1.54, 1.807) is 31.4 Å². The first kappa shape index (κ1) is 18.8. The van der Waals surface area contributed by atoms with E-state index in [2.05, 4.69) is 15.6 Å². The topological polar surface area (TPSA) is 103 Å². The lowest BCUT2D eigenvalue weighted by atomic mass is 10.1. The summed E-state index contributed by atoms with van der Waals surface area (Å²) in [6, 6.07) is 12.5. The average molecular weight is 358 g/mol. The van der Waals surface area contributed by atoms with E-state index in [0.717, 1.165) is 0 Å². The maximum absolute atomic E-state index is 11.9. The number of nitrogens with one attached hydrogen (secondary N) is 2. The Bertz CT molecular complexity index is 771. The van der Waals surface area contributed by atoms with Crippen LogP contribution in [0.15, 0.2) is 48.5 Å². The molecule has 0 radical (unpaired) electrons. The lowest BCUT2D eigenvalue weighted by Crippen LogP contribution is -2.43. The summed E-state index contributed by atoms with van der Waals surface area (Å²) in [4.78, 5) is 35.0. The SMILES string of the molecule is COC(=O)c1ccc(C(=O)NNC(=O)COc2ccc(OC)cc2)cc1. The van der Waals surface area contributed by atoms with Crippen molar-refractivity contribution in [3.63, 3.8) is 0 Å². The molecule has 2 aromatic carbocycles. The summed E-state index contributed by atoms with van der Waals surface area (Å²) in [5.41, 5.74) is 5.10. The summed E-state index contributed by atoms with van der Waals surface area (Å²) in [7, 11) is 2.82. The molecule has 8 heteroatoms. The third-order valence-corrected chi connectivity index (χ3v) is 3.31. The van der Waals surface area contributed by atoms with Crippen LogP contribution in [-0.2, 0) is 9.53 Å². The summed E-state index contributed by atoms with van der Waals surface area (Å²) in [6.07, 6.45) is 0. The van der Waals surface area contributed by atoms with Crippen molar-refractivity contribution in [1.82, 2.24) is 10.9 Å². The molecule has 0 heterocycles. The smallest absolute Gasteiger partial charge is 0.337 e. The Labute approximate surface area is 150 Å². The van der Waals surface area contributed by atoms with Crippen LogP contribution in [0.1, 0.15) is 20.7 Å². The second kappa shape index (κ2) is 9.07. The monoisotopic (exact) mass is 358 g/mol. The van der Waals surface area contributed by atoms with E-state index in [1.807, 2.05) is 0 Å². The second-order valence-corrected chi connectivity index (χ2v) is 5.04. The molecular formula is C18H18N2O6. The Balaban J connectivity index is 1.78. The highest BCUT2D eigenvalue weighted by Crippen LogP contribution is 2.16. The number of carbonyl (C=O) groups excluding carboxylic acids is 3. The van der Waals surface area contributed by atoms with Gasteiger partial charge in [-0.1, -0.05) is 0 Å². The predicted octanol–water partition coefficient (Wildman–Crippen LogP) is 1.32. The van der Waals surface area contributed by atoms with Crippen molar-refractivity contribution in [3.8, 4) is 11.5 Å². The van der Waals surface area contributed by atoms with Crippen LogP contribution >= 0.6 is 0 Å². The van der Waals surface area contributed by atoms with Crippen molar-refractivity contribution in [3.05, 3.63) is 59.7 Å². The van der Waals surface area contributed by atoms with Gasteiger partial charge in [0.2, 0.25) is 0 Å². The Morgan fingerprint density at radius 3 is 1.96 bits per heavy atom. The Hall–Kier alpha value is -3.55. The van der Waals surface area contributed by atoms with Crippen molar-refractivity contribution in [2.75, 3.05) is 20.8 Å². The van der Waals surface area contributed by atoms with E-state index in [1.165, 1.54) is 31.4 Å². The minimum Gasteiger partial charge on any atom is -0.497 e. The van der Waals surface area contributed by atoms with Crippen LogP contribution < -0.4 is 20.3 Å². The fourth-order valence-electron chi connectivity index (χ4n) is 1.93. The quantitative estimate of drug-likeness (QED) is 0.596. The van der Waals surface area contributed by atoms with Crippen LogP contribution in [0.25, 0.3) is 0 Å². The molecule has 0 spiro atoms. The predicted molar refractivity (Wildman–Crippen MR) is 91.9 cm³/mol. The zero-order valence-electron chi connectivity index (χ0n) is 14.3. The molecule has 0 fully saturated rings. The van der Waals surface area contributed by atoms with Gasteiger partial charge in [-0.3, -0.25) is 20.4 Å². The fraction of sp³-hybridized carbons (Fsp3) is 0.167. The van der Waals surface area contributed by atoms with Crippen molar-refractivity contribution >= 4 is 17.8 Å². The first-order valence-corrected chi connectivity index (χ1v) is 7.58. The van der Waals surface area contributed by atoms with E-state index in [-0.39, 0.29) is 12.2 Å². The van der Waals surface area contributed by atoms with E-state index in [9.17, 15) is 14.4 Å². The van der Waals surface area contributed by atoms with Gasteiger partial charge in [0.1, 0.15) is 11.5 Å². The highest BCUT2D eigenvalue weighted by Gasteiger charge is 2.10. The Morgan fingerprint density at radius 1 is 0.808 bits per heavy atom. The minimum absolute atomic E-state index is 0.270. The molecule has 2 aromatic rings. The zero-order valence-corrected chi connectivity index (χ0v) is 14.3. The van der Waals surface area contributed by atoms with E-state index >= 15 is 0 Å².